The molecule has 26 heavy (non-hydrogen) atoms. The van der Waals surface area contributed by atoms with E-state index >= 15 is 0 Å². The molecule has 0 aliphatic carbocycles. The first-order valence-electron chi connectivity index (χ1n) is 8.21. The van der Waals surface area contributed by atoms with Crippen LogP contribution in [0.5, 0.6) is 0 Å². The molecule has 0 radical (unpaired) electrons. The van der Waals surface area contributed by atoms with E-state index in [1.807, 2.05) is 23.6 Å². The summed E-state index contributed by atoms with van der Waals surface area (Å²) in [7, 11) is 0. The molecule has 2 aromatic heterocycles. The normalized spacial score (nSPS) is 16.5. The molecular weight excluding hydrogens is 353 g/mol. The Morgan fingerprint density at radius 3 is 2.42 bits per heavy atom. The van der Waals surface area contributed by atoms with E-state index in [-0.39, 0.29) is 24.0 Å². The number of hydrogen-bond acceptors (Lipinski definition) is 7. The van der Waals surface area contributed by atoms with Gasteiger partial charge in [0.15, 0.2) is 0 Å². The lowest BCUT2D eigenvalue weighted by molar-refractivity contribution is -0.157. The minimum atomic E-state index is -4.63. The smallest absolute Gasteiger partial charge is 0.416 e. The van der Waals surface area contributed by atoms with Gasteiger partial charge in [0.25, 0.3) is 5.56 Å². The fourth-order valence-electron chi connectivity index (χ4n) is 2.71. The Morgan fingerprint density at radius 1 is 1.15 bits per heavy atom. The zero-order valence-electron chi connectivity index (χ0n) is 14.4. The average Bonchev–Trinajstić information content (AvgIpc) is 3.05. The molecular formula is C15H19F3N6O2. The summed E-state index contributed by atoms with van der Waals surface area (Å²) in [5, 5.41) is 10.9. The number of halogens is 3. The summed E-state index contributed by atoms with van der Waals surface area (Å²) in [5.41, 5.74) is -0.153. The second-order valence-corrected chi connectivity index (χ2v) is 6.33. The van der Waals surface area contributed by atoms with Crippen molar-refractivity contribution in [3.8, 4) is 0 Å². The Kier molecular flexibility index (Phi) is 4.99. The Labute approximate surface area is 147 Å². The van der Waals surface area contributed by atoms with Gasteiger partial charge in [-0.15, -0.1) is 10.2 Å². The maximum Gasteiger partial charge on any atom is 0.470 e. The number of rotatable bonds is 4. The number of piperazine rings is 1. The zero-order chi connectivity index (χ0) is 18.9. The van der Waals surface area contributed by atoms with Crippen molar-refractivity contribution in [3.05, 3.63) is 34.3 Å². The molecule has 1 aliphatic heterocycles. The molecule has 1 fully saturated rings. The Balaban J connectivity index is 1.60. The van der Waals surface area contributed by atoms with E-state index in [0.717, 1.165) is 0 Å². The van der Waals surface area contributed by atoms with Crippen molar-refractivity contribution in [2.75, 3.05) is 31.1 Å². The maximum absolute atomic E-state index is 12.5. The van der Waals surface area contributed by atoms with Crippen LogP contribution in [0.1, 0.15) is 31.7 Å². The quantitative estimate of drug-likeness (QED) is 0.805. The monoisotopic (exact) mass is 372 g/mol. The van der Waals surface area contributed by atoms with Gasteiger partial charge in [0.1, 0.15) is 5.82 Å². The van der Waals surface area contributed by atoms with Gasteiger partial charge >= 0.3 is 12.1 Å². The summed E-state index contributed by atoms with van der Waals surface area (Å²) in [6, 6.07) is 3.14. The number of nitrogens with zero attached hydrogens (tertiary/aromatic N) is 6. The molecule has 0 bridgehead atoms. The molecule has 2 aromatic rings. The van der Waals surface area contributed by atoms with Crippen molar-refractivity contribution >= 4 is 5.82 Å². The van der Waals surface area contributed by atoms with Gasteiger partial charge in [-0.3, -0.25) is 9.69 Å². The zero-order valence-corrected chi connectivity index (χ0v) is 14.4. The highest BCUT2D eigenvalue weighted by Crippen LogP contribution is 2.28. The van der Waals surface area contributed by atoms with Crippen LogP contribution in [0, 0.1) is 0 Å². The van der Waals surface area contributed by atoms with Crippen molar-refractivity contribution in [3.63, 3.8) is 0 Å². The first-order valence-corrected chi connectivity index (χ1v) is 8.21. The lowest BCUT2D eigenvalue weighted by Gasteiger charge is -2.34. The molecule has 0 atom stereocenters. The molecule has 11 heteroatoms. The van der Waals surface area contributed by atoms with E-state index in [1.165, 1.54) is 10.7 Å². The van der Waals surface area contributed by atoms with Crippen LogP contribution in [0.4, 0.5) is 19.0 Å². The first-order chi connectivity index (χ1) is 12.2. The van der Waals surface area contributed by atoms with E-state index < -0.39 is 12.1 Å². The van der Waals surface area contributed by atoms with Crippen molar-refractivity contribution in [1.29, 1.82) is 0 Å². The van der Waals surface area contributed by atoms with Gasteiger partial charge in [-0.05, 0) is 19.9 Å². The fraction of sp³-hybridized carbons (Fsp3) is 0.600. The molecule has 0 unspecified atom stereocenters. The van der Waals surface area contributed by atoms with E-state index in [2.05, 4.69) is 19.7 Å². The van der Waals surface area contributed by atoms with Gasteiger partial charge in [0, 0.05) is 32.2 Å². The Bertz CT molecular complexity index is 808. The van der Waals surface area contributed by atoms with Crippen LogP contribution in [0.15, 0.2) is 21.3 Å². The standard InChI is InChI=1S/C15H19F3N6O2/c1-10(2)24-13(25)4-3-11(21-24)23-7-5-22(6-8-23)9-12-19-20-14(26-12)15(16,17)18/h3-4,10H,5-9H2,1-2H3. The molecule has 0 amide bonds. The minimum absolute atomic E-state index is 0.0379. The van der Waals surface area contributed by atoms with Gasteiger partial charge in [-0.2, -0.15) is 18.3 Å². The second-order valence-electron chi connectivity index (χ2n) is 6.33. The lowest BCUT2D eigenvalue weighted by atomic mass is 10.3. The van der Waals surface area contributed by atoms with Gasteiger partial charge in [-0.25, -0.2) is 4.68 Å². The number of anilines is 1. The predicted octanol–water partition coefficient (Wildman–Crippen LogP) is 1.55. The third-order valence-electron chi connectivity index (χ3n) is 4.06. The van der Waals surface area contributed by atoms with Gasteiger partial charge in [0.2, 0.25) is 5.89 Å². The molecule has 1 saturated heterocycles. The van der Waals surface area contributed by atoms with Crippen molar-refractivity contribution < 1.29 is 17.6 Å². The number of aromatic nitrogens is 4. The fourth-order valence-corrected chi connectivity index (χ4v) is 2.71. The van der Waals surface area contributed by atoms with E-state index in [0.29, 0.717) is 32.0 Å². The van der Waals surface area contributed by atoms with Crippen LogP contribution in [0.2, 0.25) is 0 Å². The molecule has 8 nitrogen and oxygen atoms in total. The first kappa shape index (κ1) is 18.4. The second kappa shape index (κ2) is 7.06. The highest BCUT2D eigenvalue weighted by atomic mass is 19.4. The Morgan fingerprint density at radius 2 is 1.85 bits per heavy atom. The highest BCUT2D eigenvalue weighted by Gasteiger charge is 2.38. The van der Waals surface area contributed by atoms with Crippen LogP contribution >= 0.6 is 0 Å². The molecule has 3 heterocycles. The molecule has 1 aliphatic rings. The van der Waals surface area contributed by atoms with Crippen LogP contribution in [-0.4, -0.2) is 51.1 Å². The van der Waals surface area contributed by atoms with Crippen LogP contribution in [-0.2, 0) is 12.7 Å². The van der Waals surface area contributed by atoms with E-state index in [4.69, 9.17) is 0 Å². The third-order valence-corrected chi connectivity index (χ3v) is 4.06. The largest absolute Gasteiger partial charge is 0.470 e. The minimum Gasteiger partial charge on any atom is -0.416 e. The van der Waals surface area contributed by atoms with E-state index in [9.17, 15) is 18.0 Å². The summed E-state index contributed by atoms with van der Waals surface area (Å²) in [4.78, 5) is 15.8. The molecule has 0 saturated carbocycles. The molecule has 0 N–H and O–H groups in total. The average molecular weight is 372 g/mol. The van der Waals surface area contributed by atoms with Crippen LogP contribution < -0.4 is 10.5 Å². The van der Waals surface area contributed by atoms with Crippen molar-refractivity contribution in [2.24, 2.45) is 0 Å². The summed E-state index contributed by atoms with van der Waals surface area (Å²) < 4.78 is 43.6. The predicted molar refractivity (Wildman–Crippen MR) is 85.7 cm³/mol. The summed E-state index contributed by atoms with van der Waals surface area (Å²) >= 11 is 0. The third kappa shape index (κ3) is 4.03. The number of hydrogen-bond donors (Lipinski definition) is 0. The summed E-state index contributed by atoms with van der Waals surface area (Å²) in [6.07, 6.45) is -4.63. The van der Waals surface area contributed by atoms with Crippen molar-refractivity contribution in [1.82, 2.24) is 24.9 Å². The van der Waals surface area contributed by atoms with Crippen LogP contribution in [0.3, 0.4) is 0 Å². The van der Waals surface area contributed by atoms with Gasteiger partial charge in [-0.1, -0.05) is 0 Å². The van der Waals surface area contributed by atoms with Crippen LogP contribution in [0.25, 0.3) is 0 Å². The molecule has 3 rings (SSSR count). The number of alkyl halides is 3. The summed E-state index contributed by atoms with van der Waals surface area (Å²) in [6.45, 7) is 6.40. The summed E-state index contributed by atoms with van der Waals surface area (Å²) in [5.74, 6) is -0.682. The Hall–Kier alpha value is -2.43. The van der Waals surface area contributed by atoms with E-state index in [1.54, 1.807) is 6.07 Å². The molecule has 0 aromatic carbocycles. The lowest BCUT2D eigenvalue weighted by Crippen LogP contribution is -2.46. The van der Waals surface area contributed by atoms with Crippen molar-refractivity contribution in [2.45, 2.75) is 32.6 Å². The maximum atomic E-state index is 12.5. The highest BCUT2D eigenvalue weighted by molar-refractivity contribution is 5.37. The topological polar surface area (TPSA) is 80.3 Å². The molecule has 142 valence electrons. The van der Waals surface area contributed by atoms with Gasteiger partial charge < -0.3 is 9.32 Å². The SMILES string of the molecule is CC(C)n1nc(N2CCN(Cc3nnc(C(F)(F)F)o3)CC2)ccc1=O. The van der Waals surface area contributed by atoms with Gasteiger partial charge in [0.05, 0.1) is 12.6 Å². The molecule has 0 spiro atoms.